The fourth-order valence-electron chi connectivity index (χ4n) is 4.01. The summed E-state index contributed by atoms with van der Waals surface area (Å²) in [6.07, 6.45) is -0.236. The average molecular weight is 504 g/mol. The van der Waals surface area contributed by atoms with Crippen molar-refractivity contribution in [1.29, 1.82) is 0 Å². The van der Waals surface area contributed by atoms with E-state index in [1.165, 1.54) is 23.4 Å². The number of anilines is 1. The van der Waals surface area contributed by atoms with Crippen molar-refractivity contribution in [2.45, 2.75) is 18.2 Å². The largest absolute Gasteiger partial charge is 0.433 e. The summed E-state index contributed by atoms with van der Waals surface area (Å²) in [5.41, 5.74) is 5.73. The van der Waals surface area contributed by atoms with Crippen LogP contribution in [0.25, 0.3) is 33.4 Å². The number of hydrogen-bond acceptors (Lipinski definition) is 7. The quantitative estimate of drug-likeness (QED) is 0.402. The summed E-state index contributed by atoms with van der Waals surface area (Å²) in [5, 5.41) is 11.0. The molecule has 1 aliphatic heterocycles. The fraction of sp³-hybridized carbons (Fsp3) is 0.192. The Balaban J connectivity index is 1.50. The molecule has 1 aromatic carbocycles. The molecule has 186 valence electrons. The molecule has 1 aliphatic rings. The van der Waals surface area contributed by atoms with Gasteiger partial charge in [0, 0.05) is 66.2 Å². The molecule has 37 heavy (non-hydrogen) atoms. The van der Waals surface area contributed by atoms with Crippen LogP contribution in [0.15, 0.2) is 55.0 Å². The Labute approximate surface area is 209 Å². The third-order valence-corrected chi connectivity index (χ3v) is 6.06. The number of nitrogens with zero attached hydrogens (tertiary/aromatic N) is 5. The van der Waals surface area contributed by atoms with Gasteiger partial charge in [0.25, 0.3) is 5.91 Å². The van der Waals surface area contributed by atoms with Crippen LogP contribution in [0.5, 0.6) is 0 Å². The van der Waals surface area contributed by atoms with E-state index in [-0.39, 0.29) is 12.2 Å². The Morgan fingerprint density at radius 3 is 2.57 bits per heavy atom. The molecule has 8 nitrogen and oxygen atoms in total. The molecule has 11 heteroatoms. The maximum absolute atomic E-state index is 12.9. The van der Waals surface area contributed by atoms with Crippen molar-refractivity contribution in [2.75, 3.05) is 19.3 Å². The number of amides is 1. The van der Waals surface area contributed by atoms with Gasteiger partial charge in [-0.05, 0) is 18.2 Å². The minimum absolute atomic E-state index is 0.129. The van der Waals surface area contributed by atoms with Gasteiger partial charge in [-0.25, -0.2) is 15.0 Å². The Morgan fingerprint density at radius 1 is 1.08 bits per heavy atom. The highest BCUT2D eigenvalue weighted by molar-refractivity contribution is 5.98. The Kier molecular flexibility index (Phi) is 5.76. The lowest BCUT2D eigenvalue weighted by molar-refractivity contribution is -0.141. The van der Waals surface area contributed by atoms with Gasteiger partial charge in [-0.1, -0.05) is 30.0 Å². The number of fused-ring (bicyclic) bond motifs is 1. The molecule has 4 aromatic rings. The maximum atomic E-state index is 12.9. The maximum Gasteiger partial charge on any atom is 0.433 e. The molecule has 0 radical (unpaired) electrons. The molecular weight excluding hydrogens is 485 g/mol. The summed E-state index contributed by atoms with van der Waals surface area (Å²) in [6, 6.07) is 9.16. The summed E-state index contributed by atoms with van der Waals surface area (Å²) in [6.45, 7) is 0.426. The van der Waals surface area contributed by atoms with E-state index >= 15 is 0 Å². The van der Waals surface area contributed by atoms with Gasteiger partial charge in [0.1, 0.15) is 17.0 Å². The first-order chi connectivity index (χ1) is 17.5. The molecular formula is C26H19F3N6O2. The third kappa shape index (κ3) is 4.54. The molecule has 0 aliphatic carbocycles. The minimum atomic E-state index is -4.54. The lowest BCUT2D eigenvalue weighted by Gasteiger charge is -2.13. The number of rotatable bonds is 2. The average Bonchev–Trinajstić information content (AvgIpc) is 3.15. The van der Waals surface area contributed by atoms with E-state index < -0.39 is 23.4 Å². The van der Waals surface area contributed by atoms with E-state index in [4.69, 9.17) is 5.73 Å². The predicted molar refractivity (Wildman–Crippen MR) is 129 cm³/mol. The number of likely N-dealkylation sites (tertiary alicyclic amines) is 1. The molecule has 5 rings (SSSR count). The van der Waals surface area contributed by atoms with Crippen molar-refractivity contribution in [3.63, 3.8) is 0 Å². The van der Waals surface area contributed by atoms with E-state index in [0.717, 1.165) is 12.3 Å². The number of aliphatic hydroxyl groups is 1. The molecule has 1 saturated heterocycles. The first-order valence-corrected chi connectivity index (χ1v) is 11.1. The van der Waals surface area contributed by atoms with Crippen LogP contribution in [-0.4, -0.2) is 55.0 Å². The van der Waals surface area contributed by atoms with Crippen LogP contribution in [0, 0.1) is 11.8 Å². The SMILES string of the molecule is CN1CC[C@@](O)(C#Cc2cccc(-c3ncc4c(-c5ccc(C(F)(F)F)nc5)cnc(N)c4n3)c2)C1=O. The number of nitrogens with two attached hydrogens (primary N) is 1. The number of benzene rings is 1. The summed E-state index contributed by atoms with van der Waals surface area (Å²) >= 11 is 0. The van der Waals surface area contributed by atoms with Crippen LogP contribution in [0.3, 0.4) is 0 Å². The van der Waals surface area contributed by atoms with Crippen LogP contribution in [-0.2, 0) is 11.0 Å². The molecule has 3 N–H and O–H groups in total. The molecule has 0 unspecified atom stereocenters. The second kappa shape index (κ2) is 8.83. The predicted octanol–water partition coefficient (Wildman–Crippen LogP) is 3.30. The van der Waals surface area contributed by atoms with Crippen molar-refractivity contribution in [3.8, 4) is 34.4 Å². The smallest absolute Gasteiger partial charge is 0.382 e. The number of aromatic nitrogens is 4. The number of pyridine rings is 2. The Hall–Kier alpha value is -4.56. The molecule has 0 spiro atoms. The van der Waals surface area contributed by atoms with Crippen LogP contribution in [0.2, 0.25) is 0 Å². The topological polar surface area (TPSA) is 118 Å². The summed E-state index contributed by atoms with van der Waals surface area (Å²) in [4.78, 5) is 30.2. The number of carbonyl (C=O) groups excluding carboxylic acids is 1. The first kappa shape index (κ1) is 24.1. The van der Waals surface area contributed by atoms with Gasteiger partial charge >= 0.3 is 6.18 Å². The first-order valence-electron chi connectivity index (χ1n) is 11.1. The number of halogens is 3. The second-order valence-electron chi connectivity index (χ2n) is 8.61. The highest BCUT2D eigenvalue weighted by Gasteiger charge is 2.42. The molecule has 1 fully saturated rings. The van der Waals surface area contributed by atoms with Crippen LogP contribution in [0.4, 0.5) is 19.0 Å². The van der Waals surface area contributed by atoms with Gasteiger partial charge < -0.3 is 15.7 Å². The van der Waals surface area contributed by atoms with E-state index in [9.17, 15) is 23.1 Å². The monoisotopic (exact) mass is 504 g/mol. The molecule has 0 bridgehead atoms. The molecule has 4 heterocycles. The van der Waals surface area contributed by atoms with Crippen LogP contribution >= 0.6 is 0 Å². The van der Waals surface area contributed by atoms with Crippen molar-refractivity contribution < 1.29 is 23.1 Å². The van der Waals surface area contributed by atoms with Crippen molar-refractivity contribution in [3.05, 3.63) is 66.2 Å². The zero-order chi connectivity index (χ0) is 26.4. The van der Waals surface area contributed by atoms with E-state index in [1.54, 1.807) is 31.3 Å². The summed E-state index contributed by atoms with van der Waals surface area (Å²) < 4.78 is 38.7. The van der Waals surface area contributed by atoms with Gasteiger partial charge in [0.2, 0.25) is 5.60 Å². The highest BCUT2D eigenvalue weighted by Crippen LogP contribution is 2.33. The van der Waals surface area contributed by atoms with Crippen molar-refractivity contribution in [2.24, 2.45) is 0 Å². The molecule has 0 saturated carbocycles. The summed E-state index contributed by atoms with van der Waals surface area (Å²) in [5.74, 6) is 5.55. The van der Waals surface area contributed by atoms with Gasteiger partial charge in [0.05, 0.1) is 0 Å². The van der Waals surface area contributed by atoms with Gasteiger partial charge in [-0.3, -0.25) is 9.78 Å². The molecule has 3 aromatic heterocycles. The Morgan fingerprint density at radius 2 is 1.89 bits per heavy atom. The second-order valence-corrected chi connectivity index (χ2v) is 8.61. The Bertz CT molecular complexity index is 1590. The van der Waals surface area contributed by atoms with E-state index in [1.807, 2.05) is 0 Å². The minimum Gasteiger partial charge on any atom is -0.382 e. The standard InChI is InChI=1S/C26H19F3N6O2/c1-35-10-9-25(37,24(35)36)8-7-15-3-2-4-16(11-15)23-33-14-19-18(13-32-22(30)21(19)34-23)17-5-6-20(31-12-17)26(27,28)29/h2-6,11-14,37H,9-10H2,1H3,(H2,30,32)/t25-/m0/s1. The van der Waals surface area contributed by atoms with E-state index in [0.29, 0.717) is 45.5 Å². The zero-order valence-corrected chi connectivity index (χ0v) is 19.4. The van der Waals surface area contributed by atoms with Gasteiger partial charge in [-0.15, -0.1) is 0 Å². The van der Waals surface area contributed by atoms with Crippen LogP contribution in [0.1, 0.15) is 17.7 Å². The number of carbonyl (C=O) groups is 1. The van der Waals surface area contributed by atoms with Crippen molar-refractivity contribution in [1.82, 2.24) is 24.8 Å². The van der Waals surface area contributed by atoms with E-state index in [2.05, 4.69) is 31.8 Å². The normalized spacial score (nSPS) is 17.6. The lowest BCUT2D eigenvalue weighted by atomic mass is 10.0. The number of nitrogen functional groups attached to an aromatic ring is 1. The number of alkyl halides is 3. The molecule has 1 atom stereocenters. The highest BCUT2D eigenvalue weighted by atomic mass is 19.4. The zero-order valence-electron chi connectivity index (χ0n) is 19.4. The fourth-order valence-corrected chi connectivity index (χ4v) is 4.01. The lowest BCUT2D eigenvalue weighted by Crippen LogP contribution is -2.37. The third-order valence-electron chi connectivity index (χ3n) is 6.06. The van der Waals surface area contributed by atoms with Crippen LogP contribution < -0.4 is 5.73 Å². The van der Waals surface area contributed by atoms with Crippen molar-refractivity contribution >= 4 is 22.6 Å². The molecule has 1 amide bonds. The van der Waals surface area contributed by atoms with Gasteiger partial charge in [0.15, 0.2) is 5.82 Å². The summed E-state index contributed by atoms with van der Waals surface area (Å²) in [7, 11) is 1.61. The number of hydrogen-bond donors (Lipinski definition) is 2. The number of likely N-dealkylation sites (N-methyl/N-ethyl adjacent to an activating group) is 1. The van der Waals surface area contributed by atoms with Gasteiger partial charge in [-0.2, -0.15) is 13.2 Å².